The van der Waals surface area contributed by atoms with Gasteiger partial charge in [-0.25, -0.2) is 15.2 Å². The van der Waals surface area contributed by atoms with Gasteiger partial charge in [0.15, 0.2) is 16.4 Å². The molecule has 2 heterocycles. The number of hydrogen-bond acceptors (Lipinski definition) is 10. The van der Waals surface area contributed by atoms with Crippen molar-refractivity contribution in [2.45, 2.75) is 83.4 Å². The molecule has 0 aliphatic rings. The summed E-state index contributed by atoms with van der Waals surface area (Å²) in [6.45, 7) is 12.0. The number of nitrogens with two attached hydrogens (primary N) is 1. The first kappa shape index (κ1) is 29.4. The third kappa shape index (κ3) is 8.35. The molecule has 0 aliphatic heterocycles. The highest BCUT2D eigenvalue weighted by molar-refractivity contribution is 8.01. The van der Waals surface area contributed by atoms with Crippen molar-refractivity contribution < 1.29 is 28.0 Å². The van der Waals surface area contributed by atoms with E-state index in [0.717, 1.165) is 16.4 Å². The maximum Gasteiger partial charge on any atom is 0.323 e. The van der Waals surface area contributed by atoms with Crippen LogP contribution >= 0.6 is 30.5 Å². The lowest BCUT2D eigenvalue weighted by atomic mass is 10.4. The Bertz CT molecular complexity index is 1020. The fourth-order valence-corrected chi connectivity index (χ4v) is 7.00. The van der Waals surface area contributed by atoms with Gasteiger partial charge < -0.3 is 19.6 Å². The van der Waals surface area contributed by atoms with Gasteiger partial charge in [-0.1, -0.05) is 18.3 Å². The Morgan fingerprint density at radius 2 is 1.63 bits per heavy atom. The summed E-state index contributed by atoms with van der Waals surface area (Å²) in [5, 5.41) is 5.98. The van der Waals surface area contributed by atoms with E-state index in [0.29, 0.717) is 16.6 Å². The van der Waals surface area contributed by atoms with Crippen LogP contribution in [-0.4, -0.2) is 47.0 Å². The van der Waals surface area contributed by atoms with Crippen molar-refractivity contribution in [2.24, 2.45) is 0 Å². The second kappa shape index (κ2) is 12.9. The highest BCUT2D eigenvalue weighted by atomic mass is 32.2. The fourth-order valence-electron chi connectivity index (χ4n) is 2.88. The molecule has 2 atom stereocenters. The number of hydrogen-bond donors (Lipinski definition) is 3. The van der Waals surface area contributed by atoms with Gasteiger partial charge in [-0.2, -0.15) is 0 Å². The molecule has 0 fully saturated rings. The van der Waals surface area contributed by atoms with E-state index in [1.165, 1.54) is 31.3 Å². The van der Waals surface area contributed by atoms with Crippen LogP contribution in [0.15, 0.2) is 20.8 Å². The lowest BCUT2D eigenvalue weighted by Crippen LogP contribution is -2.45. The van der Waals surface area contributed by atoms with Crippen LogP contribution in [-0.2, 0) is 23.6 Å². The SMILES string of the molecule is CCCSc1sc(N)nc1-c1ccc(P(=O)(NC(C)C(=O)OC(C)C)NC(C)C(=O)OC(C)C)o1. The first-order valence-electron chi connectivity index (χ1n) is 11.4. The quantitative estimate of drug-likeness (QED) is 0.189. The summed E-state index contributed by atoms with van der Waals surface area (Å²) in [6, 6.07) is 1.26. The Kier molecular flexibility index (Phi) is 10.8. The number of aromatic nitrogens is 1. The van der Waals surface area contributed by atoms with Crippen molar-refractivity contribution in [1.29, 1.82) is 0 Å². The zero-order chi connectivity index (χ0) is 26.3. The molecule has 35 heavy (non-hydrogen) atoms. The summed E-state index contributed by atoms with van der Waals surface area (Å²) >= 11 is 2.97. The lowest BCUT2D eigenvalue weighted by molar-refractivity contribution is -0.149. The maximum absolute atomic E-state index is 14.1. The molecule has 2 unspecified atom stereocenters. The van der Waals surface area contributed by atoms with E-state index in [1.54, 1.807) is 45.5 Å². The van der Waals surface area contributed by atoms with Gasteiger partial charge >= 0.3 is 11.9 Å². The van der Waals surface area contributed by atoms with Crippen LogP contribution in [0.3, 0.4) is 0 Å². The van der Waals surface area contributed by atoms with Crippen LogP contribution < -0.4 is 21.4 Å². The average molecular weight is 547 g/mol. The third-order valence-corrected chi connectivity index (χ3v) is 9.06. The smallest absolute Gasteiger partial charge is 0.323 e. The predicted octanol–water partition coefficient (Wildman–Crippen LogP) is 4.17. The van der Waals surface area contributed by atoms with Gasteiger partial charge in [0.25, 0.3) is 7.44 Å². The van der Waals surface area contributed by atoms with Gasteiger partial charge in [0, 0.05) is 0 Å². The normalized spacial score (nSPS) is 15.1. The number of carbonyl (C=O) groups is 2. The summed E-state index contributed by atoms with van der Waals surface area (Å²) in [5.41, 5.74) is 6.51. The Hall–Kier alpha value is -1.85. The van der Waals surface area contributed by atoms with E-state index < -0.39 is 31.5 Å². The molecule has 2 aromatic heterocycles. The van der Waals surface area contributed by atoms with Crippen LogP contribution in [0.5, 0.6) is 0 Å². The number of esters is 2. The molecule has 0 aromatic carbocycles. The molecule has 0 saturated carbocycles. The number of ether oxygens (including phenoxy) is 2. The minimum atomic E-state index is -3.84. The summed E-state index contributed by atoms with van der Waals surface area (Å²) < 4.78 is 31.5. The van der Waals surface area contributed by atoms with E-state index >= 15 is 0 Å². The zero-order valence-corrected chi connectivity index (χ0v) is 23.6. The van der Waals surface area contributed by atoms with Gasteiger partial charge in [-0.05, 0) is 65.8 Å². The molecular formula is C22H35N4O6PS2. The molecule has 0 aliphatic carbocycles. The minimum Gasteiger partial charge on any atom is -0.462 e. The molecule has 2 aromatic rings. The molecule has 0 amide bonds. The molecule has 0 spiro atoms. The first-order valence-corrected chi connectivity index (χ1v) is 14.9. The highest BCUT2D eigenvalue weighted by Crippen LogP contribution is 2.42. The standard InChI is InChI=1S/C22H35N4O6PS2/c1-8-11-34-21-18(24-22(23)35-21)16-9-10-17(32-16)33(29,25-14(6)19(27)30-12(2)3)26-15(7)20(28)31-13(4)5/h9-10,12-15H,8,11H2,1-7H3,(H2,23,24)(H2,25,26,29). The topological polar surface area (TPSA) is 146 Å². The number of nitrogens with zero attached hydrogens (tertiary/aromatic N) is 1. The van der Waals surface area contributed by atoms with Crippen molar-refractivity contribution in [1.82, 2.24) is 15.2 Å². The second-order valence-corrected chi connectivity index (χ2v) is 13.0. The third-order valence-electron chi connectivity index (χ3n) is 4.35. The molecule has 196 valence electrons. The van der Waals surface area contributed by atoms with Crippen LogP contribution in [0, 0.1) is 0 Å². The van der Waals surface area contributed by atoms with Gasteiger partial charge in [-0.15, -0.1) is 11.8 Å². The fraction of sp³-hybridized carbons (Fsp3) is 0.591. The van der Waals surface area contributed by atoms with E-state index in [2.05, 4.69) is 22.1 Å². The summed E-state index contributed by atoms with van der Waals surface area (Å²) in [6.07, 6.45) is 0.287. The van der Waals surface area contributed by atoms with E-state index in [-0.39, 0.29) is 17.7 Å². The van der Waals surface area contributed by atoms with E-state index in [9.17, 15) is 14.2 Å². The second-order valence-electron chi connectivity index (χ2n) is 8.46. The summed E-state index contributed by atoms with van der Waals surface area (Å²) in [5.74, 6) is 0.0908. The van der Waals surface area contributed by atoms with Crippen LogP contribution in [0.4, 0.5) is 5.13 Å². The molecule has 0 saturated heterocycles. The Balaban J connectivity index is 2.40. The highest BCUT2D eigenvalue weighted by Gasteiger charge is 2.37. The lowest BCUT2D eigenvalue weighted by Gasteiger charge is -2.25. The first-order chi connectivity index (χ1) is 16.4. The Labute approximate surface area is 214 Å². The average Bonchev–Trinajstić information content (AvgIpc) is 3.38. The van der Waals surface area contributed by atoms with Crippen LogP contribution in [0.2, 0.25) is 0 Å². The van der Waals surface area contributed by atoms with Crippen LogP contribution in [0.1, 0.15) is 54.9 Å². The van der Waals surface area contributed by atoms with Gasteiger partial charge in [0.05, 0.1) is 16.4 Å². The number of thioether (sulfide) groups is 1. The number of nitrogens with one attached hydrogen (secondary N) is 2. The van der Waals surface area contributed by atoms with Crippen molar-refractivity contribution in [3.8, 4) is 11.5 Å². The number of carbonyl (C=O) groups excluding carboxylic acids is 2. The van der Waals surface area contributed by atoms with Gasteiger partial charge in [-0.3, -0.25) is 14.2 Å². The number of nitrogen functional groups attached to an aromatic ring is 1. The molecule has 0 radical (unpaired) electrons. The number of anilines is 1. The number of furan rings is 1. The number of rotatable bonds is 13. The minimum absolute atomic E-state index is 0.0268. The van der Waals surface area contributed by atoms with E-state index in [4.69, 9.17) is 19.6 Å². The molecule has 13 heteroatoms. The van der Waals surface area contributed by atoms with Crippen LogP contribution in [0.25, 0.3) is 11.5 Å². The van der Waals surface area contributed by atoms with E-state index in [1.807, 2.05) is 0 Å². The predicted molar refractivity (Wildman–Crippen MR) is 140 cm³/mol. The van der Waals surface area contributed by atoms with Crippen molar-refractivity contribution in [3.05, 3.63) is 12.1 Å². The maximum atomic E-state index is 14.1. The largest absolute Gasteiger partial charge is 0.462 e. The molecule has 0 bridgehead atoms. The number of thiazole rings is 1. The van der Waals surface area contributed by atoms with Gasteiger partial charge in [0.1, 0.15) is 17.8 Å². The zero-order valence-electron chi connectivity index (χ0n) is 21.1. The summed E-state index contributed by atoms with van der Waals surface area (Å²) in [7, 11) is -3.84. The Morgan fingerprint density at radius 1 is 1.09 bits per heavy atom. The monoisotopic (exact) mass is 546 g/mol. The molecule has 4 N–H and O–H groups in total. The van der Waals surface area contributed by atoms with Crippen molar-refractivity contribution >= 4 is 53.1 Å². The summed E-state index contributed by atoms with van der Waals surface area (Å²) in [4.78, 5) is 29.2. The molecule has 2 rings (SSSR count). The van der Waals surface area contributed by atoms with Gasteiger partial charge in [0.2, 0.25) is 0 Å². The molecular weight excluding hydrogens is 511 g/mol. The molecule has 10 nitrogen and oxygen atoms in total. The van der Waals surface area contributed by atoms with Crippen molar-refractivity contribution in [2.75, 3.05) is 11.5 Å². The Morgan fingerprint density at radius 3 is 2.11 bits per heavy atom. The van der Waals surface area contributed by atoms with Crippen molar-refractivity contribution in [3.63, 3.8) is 0 Å².